The van der Waals surface area contributed by atoms with Gasteiger partial charge in [-0.1, -0.05) is 0 Å². The molecule has 6 aliphatic heterocycles. The Bertz CT molecular complexity index is 2090. The van der Waals surface area contributed by atoms with E-state index < -0.39 is 6.39 Å². The molecule has 12 rings (SSSR count). The molecule has 4 saturated heterocycles. The van der Waals surface area contributed by atoms with Crippen molar-refractivity contribution in [3.8, 4) is 16.8 Å². The van der Waals surface area contributed by atoms with Gasteiger partial charge in [-0.2, -0.15) is 0 Å². The first-order chi connectivity index (χ1) is 18.8. The van der Waals surface area contributed by atoms with Crippen LogP contribution in [0.2, 0.25) is 0 Å². The van der Waals surface area contributed by atoms with Gasteiger partial charge in [-0.3, -0.25) is 0 Å². The summed E-state index contributed by atoms with van der Waals surface area (Å²) in [6, 6.07) is 41.4. The first-order valence-electron chi connectivity index (χ1n) is 13.8. The third-order valence-electron chi connectivity index (χ3n) is 10.9. The SMILES string of the molecule is [B-]1B2B3B1P23(Nc1ccccc1)c1ccc2c(c1)B1c3c-2cccc3-n2c3ccccc3c3cccc1c32. The molecule has 0 atom stereocenters. The first-order valence-corrected chi connectivity index (χ1v) is 16.2. The van der Waals surface area contributed by atoms with Crippen molar-refractivity contribution in [3.05, 3.63) is 109 Å². The summed E-state index contributed by atoms with van der Waals surface area (Å²) in [5.74, 6) is 0. The third-order valence-corrected chi connectivity index (χ3v) is 17.8. The molecule has 1 N–H and O–H groups in total. The Morgan fingerprint density at radius 1 is 0.684 bits per heavy atom. The standard InChI is InChI=1S/C30H19B5N2P/c1-2-8-19(9-3-1)36-38(33-31-34(38)35(33)38)20-16-17-21-23-11-7-15-28-29(23)32(26(21)18-20)25-13-6-12-24-22-10-4-5-14-27(22)37(28)30(24)25/h1-18,36H/q-1. The van der Waals surface area contributed by atoms with E-state index in [0.29, 0.717) is 6.71 Å². The van der Waals surface area contributed by atoms with E-state index in [-0.39, 0.29) is 0 Å². The van der Waals surface area contributed by atoms with Crippen molar-refractivity contribution >= 4 is 88.0 Å². The van der Waals surface area contributed by atoms with Crippen LogP contribution in [0.5, 0.6) is 0 Å². The average Bonchev–Trinajstić information content (AvgIpc) is 3.40. The van der Waals surface area contributed by atoms with Crippen molar-refractivity contribution in [3.63, 3.8) is 0 Å². The summed E-state index contributed by atoms with van der Waals surface area (Å²) in [6.07, 6.45) is 0.406. The second kappa shape index (κ2) is 5.87. The van der Waals surface area contributed by atoms with Crippen LogP contribution in [0.4, 0.5) is 5.69 Å². The zero-order chi connectivity index (χ0) is 24.4. The van der Waals surface area contributed by atoms with Gasteiger partial charge in [0.05, 0.1) is 0 Å². The molecule has 0 unspecified atom stereocenters. The first kappa shape index (κ1) is 19.5. The van der Waals surface area contributed by atoms with Crippen LogP contribution in [0.1, 0.15) is 0 Å². The van der Waals surface area contributed by atoms with E-state index in [4.69, 9.17) is 0 Å². The number of hydrogen-bond acceptors (Lipinski definition) is 1. The fourth-order valence-electron chi connectivity index (χ4n) is 9.15. The van der Waals surface area contributed by atoms with E-state index in [1.165, 1.54) is 60.7 Å². The fourth-order valence-corrected chi connectivity index (χ4v) is 17.2. The molecule has 0 spiro atoms. The zero-order valence-corrected chi connectivity index (χ0v) is 21.6. The van der Waals surface area contributed by atoms with Gasteiger partial charge in [0.15, 0.2) is 0 Å². The summed E-state index contributed by atoms with van der Waals surface area (Å²) >= 11 is 0. The van der Waals surface area contributed by atoms with Gasteiger partial charge in [0, 0.05) is 0 Å². The topological polar surface area (TPSA) is 17.0 Å². The number of fused-ring (bicyclic) bond motifs is 8. The molecule has 2 nitrogen and oxygen atoms in total. The van der Waals surface area contributed by atoms with E-state index in [1.54, 1.807) is 5.30 Å². The number of rotatable bonds is 3. The molecule has 5 aromatic carbocycles. The van der Waals surface area contributed by atoms with Gasteiger partial charge in [0.25, 0.3) is 0 Å². The molecular formula is C30H19B5N2P-. The third kappa shape index (κ3) is 1.78. The summed E-state index contributed by atoms with van der Waals surface area (Å²) < 4.78 is 2.54. The average molecular weight is 493 g/mol. The second-order valence-electron chi connectivity index (χ2n) is 12.0. The van der Waals surface area contributed by atoms with Gasteiger partial charge in [-0.15, -0.1) is 0 Å². The second-order valence-corrected chi connectivity index (χ2v) is 17.2. The molecule has 8 heteroatoms. The summed E-state index contributed by atoms with van der Waals surface area (Å²) in [5.41, 5.74) is 12.7. The van der Waals surface area contributed by atoms with Crippen LogP contribution in [0.15, 0.2) is 109 Å². The molecule has 6 aromatic rings. The van der Waals surface area contributed by atoms with Crippen LogP contribution < -0.4 is 26.8 Å². The monoisotopic (exact) mass is 493 g/mol. The molecule has 0 saturated carbocycles. The molecule has 0 aliphatic carbocycles. The molecule has 2 bridgehead atoms. The van der Waals surface area contributed by atoms with Crippen LogP contribution in [0.3, 0.4) is 0 Å². The van der Waals surface area contributed by atoms with E-state index in [2.05, 4.69) is 126 Å². The number of aromatic nitrogens is 1. The summed E-state index contributed by atoms with van der Waals surface area (Å²) in [5, 5.41) is 8.55. The number of nitrogens with one attached hydrogen (secondary N) is 1. The van der Waals surface area contributed by atoms with Gasteiger partial charge < -0.3 is 0 Å². The maximum atomic E-state index is 4.21. The molecule has 1 aromatic heterocycles. The van der Waals surface area contributed by atoms with Crippen LogP contribution in [0.25, 0.3) is 38.6 Å². The molecule has 6 aliphatic rings. The minimum atomic E-state index is -2.06. The molecule has 170 valence electrons. The Morgan fingerprint density at radius 3 is 2.32 bits per heavy atom. The zero-order valence-electron chi connectivity index (χ0n) is 20.7. The van der Waals surface area contributed by atoms with Crippen LogP contribution >= 0.6 is 6.39 Å². The van der Waals surface area contributed by atoms with Crippen LogP contribution in [0, 0.1) is 0 Å². The fraction of sp³-hybridized carbons (Fsp3) is 0. The van der Waals surface area contributed by atoms with Crippen molar-refractivity contribution in [1.82, 2.24) is 4.57 Å². The maximum absolute atomic E-state index is 4.21. The predicted molar refractivity (Wildman–Crippen MR) is 171 cm³/mol. The van der Waals surface area contributed by atoms with Gasteiger partial charge in [0.2, 0.25) is 0 Å². The summed E-state index contributed by atoms with van der Waals surface area (Å²) in [4.78, 5) is 0. The molecule has 2 radical (unpaired) electrons. The van der Waals surface area contributed by atoms with E-state index in [9.17, 15) is 0 Å². The van der Waals surface area contributed by atoms with E-state index in [1.807, 2.05) is 0 Å². The van der Waals surface area contributed by atoms with Gasteiger partial charge in [-0.25, -0.2) is 0 Å². The Kier molecular flexibility index (Phi) is 3.02. The summed E-state index contributed by atoms with van der Waals surface area (Å²) in [6.45, 7) is 0.297. The predicted octanol–water partition coefficient (Wildman–Crippen LogP) is 3.67. The number of para-hydroxylation sites is 3. The Balaban J connectivity index is 1.19. The van der Waals surface area contributed by atoms with Crippen molar-refractivity contribution in [2.24, 2.45) is 0 Å². The number of anilines is 1. The van der Waals surface area contributed by atoms with Gasteiger partial charge >= 0.3 is 224 Å². The van der Waals surface area contributed by atoms with Gasteiger partial charge in [-0.05, 0) is 0 Å². The Labute approximate surface area is 223 Å². The molecule has 7 heterocycles. The quantitative estimate of drug-likeness (QED) is 0.294. The van der Waals surface area contributed by atoms with Crippen molar-refractivity contribution in [1.29, 1.82) is 0 Å². The van der Waals surface area contributed by atoms with Crippen molar-refractivity contribution in [2.75, 3.05) is 5.09 Å². The Morgan fingerprint density at radius 2 is 1.47 bits per heavy atom. The van der Waals surface area contributed by atoms with Gasteiger partial charge in [0.1, 0.15) is 0 Å². The normalized spacial score (nSPS) is 19.8. The minimum absolute atomic E-state index is 0.297. The number of nitrogens with zero attached hydrogens (tertiary/aromatic N) is 1. The molecule has 4 fully saturated rings. The number of benzene rings is 5. The molecular weight excluding hydrogens is 473 g/mol. The van der Waals surface area contributed by atoms with Crippen molar-refractivity contribution in [2.45, 2.75) is 0 Å². The van der Waals surface area contributed by atoms with Crippen molar-refractivity contribution < 1.29 is 0 Å². The Hall–Kier alpha value is -3.55. The van der Waals surface area contributed by atoms with Crippen LogP contribution in [-0.2, 0) is 0 Å². The summed E-state index contributed by atoms with van der Waals surface area (Å²) in [7, 11) is 2.62. The van der Waals surface area contributed by atoms with Crippen LogP contribution in [-0.4, -0.2) is 37.0 Å². The van der Waals surface area contributed by atoms with E-state index >= 15 is 0 Å². The van der Waals surface area contributed by atoms with E-state index in [0.717, 1.165) is 18.6 Å². The molecule has 38 heavy (non-hydrogen) atoms. The number of hydrogen-bond donors (Lipinski definition) is 1. The molecule has 0 amide bonds.